The van der Waals surface area contributed by atoms with Gasteiger partial charge in [0.25, 0.3) is 5.91 Å². The minimum atomic E-state index is -0.477. The van der Waals surface area contributed by atoms with Crippen molar-refractivity contribution in [3.8, 4) is 0 Å². The highest BCUT2D eigenvalue weighted by Gasteiger charge is 2.36. The molecule has 18 heavy (non-hydrogen) atoms. The lowest BCUT2D eigenvalue weighted by Gasteiger charge is -2.41. The molecule has 6 heteroatoms. The summed E-state index contributed by atoms with van der Waals surface area (Å²) < 4.78 is 10.8. The Morgan fingerprint density at radius 1 is 1.67 bits per heavy atom. The Bertz CT molecular complexity index is 441. The zero-order valence-corrected chi connectivity index (χ0v) is 10.8. The lowest BCUT2D eigenvalue weighted by Crippen LogP contribution is -2.55. The summed E-state index contributed by atoms with van der Waals surface area (Å²) in [6.45, 7) is 6.22. The van der Waals surface area contributed by atoms with Gasteiger partial charge in [0.1, 0.15) is 0 Å². The Balaban J connectivity index is 2.17. The van der Waals surface area contributed by atoms with Crippen LogP contribution in [0.4, 0.5) is 0 Å². The highest BCUT2D eigenvalue weighted by atomic mass is 16.5. The topological polar surface area (TPSA) is 75.8 Å². The largest absolute Gasteiger partial charge is 0.438 e. The second kappa shape index (κ2) is 4.70. The molecule has 2 heterocycles. The van der Waals surface area contributed by atoms with Crippen molar-refractivity contribution < 1.29 is 19.1 Å². The smallest absolute Gasteiger partial charge is 0.291 e. The highest BCUT2D eigenvalue weighted by molar-refractivity contribution is 5.92. The Hall–Kier alpha value is -1.40. The average molecular weight is 254 g/mol. The molecule has 1 amide bonds. The number of morpholine rings is 1. The van der Waals surface area contributed by atoms with Crippen molar-refractivity contribution in [1.29, 1.82) is 0 Å². The monoisotopic (exact) mass is 254 g/mol. The van der Waals surface area contributed by atoms with Crippen LogP contribution in [0.5, 0.6) is 0 Å². The lowest BCUT2D eigenvalue weighted by molar-refractivity contribution is -0.139. The maximum atomic E-state index is 12.3. The molecule has 0 aliphatic carbocycles. The summed E-state index contributed by atoms with van der Waals surface area (Å²) in [7, 11) is 0. The summed E-state index contributed by atoms with van der Waals surface area (Å²) in [4.78, 5) is 17.8. The summed E-state index contributed by atoms with van der Waals surface area (Å²) in [5.41, 5.74) is 0.0970. The van der Waals surface area contributed by atoms with E-state index in [1.807, 2.05) is 13.8 Å². The highest BCUT2D eigenvalue weighted by Crippen LogP contribution is 2.23. The van der Waals surface area contributed by atoms with Crippen LogP contribution in [0.3, 0.4) is 0 Å². The summed E-state index contributed by atoms with van der Waals surface area (Å²) in [5, 5.41) is 9.21. The lowest BCUT2D eigenvalue weighted by atomic mass is 10.0. The van der Waals surface area contributed by atoms with Crippen molar-refractivity contribution in [2.24, 2.45) is 0 Å². The minimum Gasteiger partial charge on any atom is -0.438 e. The molecular weight excluding hydrogens is 236 g/mol. The van der Waals surface area contributed by atoms with Gasteiger partial charge in [0.2, 0.25) is 5.76 Å². The van der Waals surface area contributed by atoms with Crippen LogP contribution in [-0.4, -0.2) is 52.3 Å². The molecule has 1 unspecified atom stereocenters. The molecule has 0 bridgehead atoms. The van der Waals surface area contributed by atoms with Crippen molar-refractivity contribution in [1.82, 2.24) is 9.88 Å². The molecule has 0 radical (unpaired) electrons. The van der Waals surface area contributed by atoms with E-state index in [2.05, 4.69) is 4.98 Å². The fourth-order valence-electron chi connectivity index (χ4n) is 2.20. The SMILES string of the molecule is Cc1ncoc1C(=O)N1CC(CO)OC(C)(C)C1. The number of aryl methyl sites for hydroxylation is 1. The first-order chi connectivity index (χ1) is 8.43. The number of aliphatic hydroxyl groups excluding tert-OH is 1. The van der Waals surface area contributed by atoms with Gasteiger partial charge < -0.3 is 19.2 Å². The molecule has 1 aromatic rings. The molecule has 100 valence electrons. The predicted octanol–water partition coefficient (Wildman–Crippen LogP) is 0.595. The quantitative estimate of drug-likeness (QED) is 0.836. The Kier molecular flexibility index (Phi) is 3.41. The van der Waals surface area contributed by atoms with Crippen molar-refractivity contribution in [2.45, 2.75) is 32.5 Å². The van der Waals surface area contributed by atoms with Crippen molar-refractivity contribution in [3.63, 3.8) is 0 Å². The average Bonchev–Trinajstić information content (AvgIpc) is 2.72. The van der Waals surface area contributed by atoms with Gasteiger partial charge in [-0.15, -0.1) is 0 Å². The Morgan fingerprint density at radius 3 is 2.94 bits per heavy atom. The van der Waals surface area contributed by atoms with E-state index in [1.54, 1.807) is 11.8 Å². The molecule has 1 aliphatic rings. The molecule has 0 saturated carbocycles. The number of rotatable bonds is 2. The third-order valence-corrected chi connectivity index (χ3v) is 2.91. The van der Waals surface area contributed by atoms with E-state index < -0.39 is 5.60 Å². The van der Waals surface area contributed by atoms with E-state index in [0.29, 0.717) is 18.8 Å². The molecule has 1 aliphatic heterocycles. The van der Waals surface area contributed by atoms with Crippen molar-refractivity contribution in [3.05, 3.63) is 17.8 Å². The van der Waals surface area contributed by atoms with Crippen LogP contribution in [0.1, 0.15) is 30.1 Å². The molecule has 0 spiro atoms. The standard InChI is InChI=1S/C12H18N2O4/c1-8-10(17-7-13-8)11(16)14-4-9(5-15)18-12(2,3)6-14/h7,9,15H,4-6H2,1-3H3. The van der Waals surface area contributed by atoms with Gasteiger partial charge in [-0.1, -0.05) is 0 Å². The summed E-state index contributed by atoms with van der Waals surface area (Å²) in [6.07, 6.45) is 0.901. The normalized spacial score (nSPS) is 23.1. The number of ether oxygens (including phenoxy) is 1. The summed E-state index contributed by atoms with van der Waals surface area (Å²) in [6, 6.07) is 0. The zero-order valence-electron chi connectivity index (χ0n) is 10.8. The molecule has 1 fully saturated rings. The van der Waals surface area contributed by atoms with Gasteiger partial charge in [-0.05, 0) is 20.8 Å². The van der Waals surface area contributed by atoms with Crippen LogP contribution in [0.2, 0.25) is 0 Å². The van der Waals surface area contributed by atoms with Crippen LogP contribution in [-0.2, 0) is 4.74 Å². The molecule has 1 saturated heterocycles. The Morgan fingerprint density at radius 2 is 2.39 bits per heavy atom. The second-order valence-corrected chi connectivity index (χ2v) is 5.13. The number of amides is 1. The Labute approximate surface area is 106 Å². The van der Waals surface area contributed by atoms with Crippen LogP contribution in [0, 0.1) is 6.92 Å². The molecular formula is C12H18N2O4. The summed E-state index contributed by atoms with van der Waals surface area (Å²) >= 11 is 0. The van der Waals surface area contributed by atoms with Gasteiger partial charge in [-0.25, -0.2) is 4.98 Å². The van der Waals surface area contributed by atoms with E-state index in [1.165, 1.54) is 6.39 Å². The third-order valence-electron chi connectivity index (χ3n) is 2.91. The van der Waals surface area contributed by atoms with Crippen LogP contribution in [0.15, 0.2) is 10.8 Å². The number of carbonyl (C=O) groups excluding carboxylic acids is 1. The molecule has 2 rings (SSSR count). The van der Waals surface area contributed by atoms with Crippen molar-refractivity contribution >= 4 is 5.91 Å². The number of hydrogen-bond acceptors (Lipinski definition) is 5. The van der Waals surface area contributed by atoms with E-state index >= 15 is 0 Å². The van der Waals surface area contributed by atoms with Gasteiger partial charge in [-0.3, -0.25) is 4.79 Å². The van der Waals surface area contributed by atoms with Crippen LogP contribution >= 0.6 is 0 Å². The maximum Gasteiger partial charge on any atom is 0.291 e. The summed E-state index contributed by atoms with van der Waals surface area (Å²) in [5.74, 6) is 0.0456. The molecule has 1 N–H and O–H groups in total. The van der Waals surface area contributed by atoms with Gasteiger partial charge >= 0.3 is 0 Å². The van der Waals surface area contributed by atoms with Gasteiger partial charge in [0.05, 0.1) is 24.0 Å². The number of carbonyl (C=O) groups is 1. The second-order valence-electron chi connectivity index (χ2n) is 5.13. The van der Waals surface area contributed by atoms with Crippen LogP contribution in [0.25, 0.3) is 0 Å². The number of nitrogens with zero attached hydrogens (tertiary/aromatic N) is 2. The molecule has 0 aromatic carbocycles. The van der Waals surface area contributed by atoms with Crippen LogP contribution < -0.4 is 0 Å². The van der Waals surface area contributed by atoms with Gasteiger partial charge in [0, 0.05) is 13.1 Å². The minimum absolute atomic E-state index is 0.109. The fourth-order valence-corrected chi connectivity index (χ4v) is 2.20. The fraction of sp³-hybridized carbons (Fsp3) is 0.667. The van der Waals surface area contributed by atoms with Crippen molar-refractivity contribution in [2.75, 3.05) is 19.7 Å². The number of aliphatic hydroxyl groups is 1. The van der Waals surface area contributed by atoms with E-state index in [0.717, 1.165) is 0 Å². The first-order valence-electron chi connectivity index (χ1n) is 5.91. The number of hydrogen-bond donors (Lipinski definition) is 1. The van der Waals surface area contributed by atoms with E-state index in [9.17, 15) is 9.90 Å². The first-order valence-corrected chi connectivity index (χ1v) is 5.91. The first kappa shape index (κ1) is 13.0. The molecule has 6 nitrogen and oxygen atoms in total. The van der Waals surface area contributed by atoms with E-state index in [-0.39, 0.29) is 24.4 Å². The predicted molar refractivity (Wildman–Crippen MR) is 63.2 cm³/mol. The van der Waals surface area contributed by atoms with Gasteiger partial charge in [0.15, 0.2) is 6.39 Å². The zero-order chi connectivity index (χ0) is 13.3. The molecule has 1 aromatic heterocycles. The van der Waals surface area contributed by atoms with E-state index in [4.69, 9.17) is 9.15 Å². The molecule has 1 atom stereocenters. The number of oxazole rings is 1. The van der Waals surface area contributed by atoms with Gasteiger partial charge in [-0.2, -0.15) is 0 Å². The third kappa shape index (κ3) is 2.54. The number of aromatic nitrogens is 1. The maximum absolute atomic E-state index is 12.3.